The lowest BCUT2D eigenvalue weighted by Gasteiger charge is -2.24. The van der Waals surface area contributed by atoms with Crippen LogP contribution in [0.15, 0.2) is 23.1 Å². The first-order valence-corrected chi connectivity index (χ1v) is 9.48. The molecule has 1 aromatic carbocycles. The summed E-state index contributed by atoms with van der Waals surface area (Å²) in [6, 6.07) is 4.08. The molecule has 3 N–H and O–H groups in total. The van der Waals surface area contributed by atoms with Crippen LogP contribution in [-0.4, -0.2) is 44.5 Å². The third-order valence-electron chi connectivity index (χ3n) is 2.63. The molecule has 0 aliphatic carbocycles. The van der Waals surface area contributed by atoms with E-state index in [2.05, 4.69) is 5.32 Å². The van der Waals surface area contributed by atoms with E-state index in [1.807, 2.05) is 22.6 Å². The van der Waals surface area contributed by atoms with E-state index in [0.29, 0.717) is 9.26 Å². The molecule has 0 atom stereocenters. The smallest absolute Gasteiger partial charge is 0.410 e. The molecule has 1 rings (SSSR count). The fourth-order valence-corrected chi connectivity index (χ4v) is 2.99. The van der Waals surface area contributed by atoms with Crippen molar-refractivity contribution in [2.45, 2.75) is 31.3 Å². The standard InChI is InChI=1S/C14H20IN3O5S/c1-14(2,3)23-13(20)18(4)8-12(19)17-11-6-5-9(7-10(11)15)24(16,21)22/h5-7H,8H2,1-4H3,(H,17,19)(H2,16,21,22). The van der Waals surface area contributed by atoms with Crippen LogP contribution in [0.25, 0.3) is 0 Å². The van der Waals surface area contributed by atoms with Crippen LogP contribution >= 0.6 is 22.6 Å². The summed E-state index contributed by atoms with van der Waals surface area (Å²) in [6.45, 7) is 4.98. The van der Waals surface area contributed by atoms with Gasteiger partial charge >= 0.3 is 6.09 Å². The maximum atomic E-state index is 12.0. The number of nitrogens with two attached hydrogens (primary N) is 1. The SMILES string of the molecule is CN(CC(=O)Nc1ccc(S(N)(=O)=O)cc1I)C(=O)OC(C)(C)C. The van der Waals surface area contributed by atoms with Gasteiger partial charge in [-0.1, -0.05) is 0 Å². The number of primary sulfonamides is 1. The van der Waals surface area contributed by atoms with Crippen molar-refractivity contribution in [2.75, 3.05) is 18.9 Å². The molecule has 0 fully saturated rings. The molecule has 0 saturated heterocycles. The van der Waals surface area contributed by atoms with Gasteiger partial charge in [0.2, 0.25) is 15.9 Å². The first-order chi connectivity index (χ1) is 10.8. The number of amides is 2. The Labute approximate surface area is 154 Å². The number of carbonyl (C=O) groups excluding carboxylic acids is 2. The highest BCUT2D eigenvalue weighted by molar-refractivity contribution is 14.1. The number of carbonyl (C=O) groups is 2. The minimum Gasteiger partial charge on any atom is -0.444 e. The van der Waals surface area contributed by atoms with Gasteiger partial charge in [0.15, 0.2) is 0 Å². The molecule has 2 amide bonds. The predicted molar refractivity (Wildman–Crippen MR) is 98.0 cm³/mol. The van der Waals surface area contributed by atoms with E-state index in [0.717, 1.165) is 4.90 Å². The van der Waals surface area contributed by atoms with Crippen LogP contribution < -0.4 is 10.5 Å². The highest BCUT2D eigenvalue weighted by Crippen LogP contribution is 2.21. The minimum atomic E-state index is -3.81. The number of ether oxygens (including phenoxy) is 1. The van der Waals surface area contributed by atoms with Gasteiger partial charge in [0.05, 0.1) is 10.6 Å². The van der Waals surface area contributed by atoms with Gasteiger partial charge < -0.3 is 15.0 Å². The highest BCUT2D eigenvalue weighted by Gasteiger charge is 2.21. The molecule has 1 aromatic rings. The van der Waals surface area contributed by atoms with Crippen molar-refractivity contribution in [3.8, 4) is 0 Å². The summed E-state index contributed by atoms with van der Waals surface area (Å²) in [5.41, 5.74) is -0.230. The van der Waals surface area contributed by atoms with Crippen LogP contribution in [0.1, 0.15) is 20.8 Å². The number of nitrogens with one attached hydrogen (secondary N) is 1. The Morgan fingerprint density at radius 2 is 1.92 bits per heavy atom. The third-order valence-corrected chi connectivity index (χ3v) is 4.43. The molecule has 0 bridgehead atoms. The number of benzene rings is 1. The van der Waals surface area contributed by atoms with Crippen molar-refractivity contribution in [1.82, 2.24) is 4.90 Å². The number of likely N-dealkylation sites (N-methyl/N-ethyl adjacent to an activating group) is 1. The zero-order valence-corrected chi connectivity index (χ0v) is 16.8. The van der Waals surface area contributed by atoms with E-state index in [-0.39, 0.29) is 11.4 Å². The number of halogens is 1. The second-order valence-electron chi connectivity index (χ2n) is 6.07. The fraction of sp³-hybridized carbons (Fsp3) is 0.429. The van der Waals surface area contributed by atoms with Crippen LogP contribution in [0, 0.1) is 3.57 Å². The average Bonchev–Trinajstić information content (AvgIpc) is 2.37. The Kier molecular flexibility index (Phi) is 6.59. The summed E-state index contributed by atoms with van der Waals surface area (Å²) >= 11 is 1.88. The van der Waals surface area contributed by atoms with Crippen molar-refractivity contribution in [2.24, 2.45) is 5.14 Å². The molecule has 0 aliphatic heterocycles. The van der Waals surface area contributed by atoms with Crippen molar-refractivity contribution in [3.63, 3.8) is 0 Å². The summed E-state index contributed by atoms with van der Waals surface area (Å²) in [5, 5.41) is 7.66. The van der Waals surface area contributed by atoms with E-state index in [9.17, 15) is 18.0 Å². The lowest BCUT2D eigenvalue weighted by Crippen LogP contribution is -2.38. The Balaban J connectivity index is 2.74. The summed E-state index contributed by atoms with van der Waals surface area (Å²) in [5.74, 6) is -0.440. The fourth-order valence-electron chi connectivity index (χ4n) is 1.58. The average molecular weight is 469 g/mol. The summed E-state index contributed by atoms with van der Waals surface area (Å²) < 4.78 is 28.2. The quantitative estimate of drug-likeness (QED) is 0.652. The van der Waals surface area contributed by atoms with E-state index in [4.69, 9.17) is 9.88 Å². The number of sulfonamides is 1. The largest absolute Gasteiger partial charge is 0.444 e. The van der Waals surface area contributed by atoms with E-state index in [1.54, 1.807) is 20.8 Å². The van der Waals surface area contributed by atoms with E-state index < -0.39 is 27.6 Å². The van der Waals surface area contributed by atoms with Crippen LogP contribution in [0.2, 0.25) is 0 Å². The Hall–Kier alpha value is -1.40. The zero-order chi connectivity index (χ0) is 18.7. The lowest BCUT2D eigenvalue weighted by atomic mass is 10.2. The monoisotopic (exact) mass is 469 g/mol. The van der Waals surface area contributed by atoms with Gasteiger partial charge in [-0.2, -0.15) is 0 Å². The van der Waals surface area contributed by atoms with Gasteiger partial charge in [-0.3, -0.25) is 4.79 Å². The number of rotatable bonds is 4. The number of nitrogens with zero attached hydrogens (tertiary/aromatic N) is 1. The zero-order valence-electron chi connectivity index (χ0n) is 13.8. The Morgan fingerprint density at radius 3 is 2.38 bits per heavy atom. The third kappa shape index (κ3) is 6.61. The Morgan fingerprint density at radius 1 is 1.33 bits per heavy atom. The minimum absolute atomic E-state index is 0.0456. The van der Waals surface area contributed by atoms with Crippen molar-refractivity contribution >= 4 is 50.3 Å². The van der Waals surface area contributed by atoms with Gasteiger partial charge in [-0.25, -0.2) is 18.4 Å². The maximum Gasteiger partial charge on any atom is 0.410 e. The maximum absolute atomic E-state index is 12.0. The van der Waals surface area contributed by atoms with Gasteiger partial charge in [-0.05, 0) is 61.6 Å². The first-order valence-electron chi connectivity index (χ1n) is 6.86. The number of anilines is 1. The summed E-state index contributed by atoms with van der Waals surface area (Å²) in [7, 11) is -2.36. The van der Waals surface area contributed by atoms with E-state index >= 15 is 0 Å². The molecule has 24 heavy (non-hydrogen) atoms. The second-order valence-corrected chi connectivity index (χ2v) is 8.79. The lowest BCUT2D eigenvalue weighted by molar-refractivity contribution is -0.117. The molecule has 0 saturated carbocycles. The molecule has 0 heterocycles. The van der Waals surface area contributed by atoms with Gasteiger partial charge in [0.25, 0.3) is 0 Å². The Bertz CT molecular complexity index is 743. The van der Waals surface area contributed by atoms with Gasteiger partial charge in [0, 0.05) is 10.6 Å². The highest BCUT2D eigenvalue weighted by atomic mass is 127. The first kappa shape index (κ1) is 20.6. The van der Waals surface area contributed by atoms with Gasteiger partial charge in [0.1, 0.15) is 12.1 Å². The van der Waals surface area contributed by atoms with Crippen LogP contribution in [0.3, 0.4) is 0 Å². The molecule has 134 valence electrons. The molecule has 10 heteroatoms. The predicted octanol–water partition coefficient (Wildman–Crippen LogP) is 1.74. The van der Waals surface area contributed by atoms with Crippen molar-refractivity contribution in [3.05, 3.63) is 21.8 Å². The van der Waals surface area contributed by atoms with Gasteiger partial charge in [-0.15, -0.1) is 0 Å². The molecule has 0 aliphatic rings. The van der Waals surface area contributed by atoms with E-state index in [1.165, 1.54) is 25.2 Å². The molecule has 8 nitrogen and oxygen atoms in total. The molecule has 0 aromatic heterocycles. The molecule has 0 radical (unpaired) electrons. The molecule has 0 spiro atoms. The summed E-state index contributed by atoms with van der Waals surface area (Å²) in [4.78, 5) is 24.9. The summed E-state index contributed by atoms with van der Waals surface area (Å²) in [6.07, 6.45) is -0.614. The van der Waals surface area contributed by atoms with Crippen LogP contribution in [-0.2, 0) is 19.6 Å². The molecular weight excluding hydrogens is 449 g/mol. The number of hydrogen-bond donors (Lipinski definition) is 2. The number of hydrogen-bond acceptors (Lipinski definition) is 5. The van der Waals surface area contributed by atoms with Crippen molar-refractivity contribution < 1.29 is 22.7 Å². The molecule has 0 unspecified atom stereocenters. The molecular formula is C14H20IN3O5S. The second kappa shape index (κ2) is 7.66. The van der Waals surface area contributed by atoms with Crippen LogP contribution in [0.5, 0.6) is 0 Å². The topological polar surface area (TPSA) is 119 Å². The van der Waals surface area contributed by atoms with Crippen molar-refractivity contribution in [1.29, 1.82) is 0 Å². The normalized spacial score (nSPS) is 11.8. The van der Waals surface area contributed by atoms with Crippen LogP contribution in [0.4, 0.5) is 10.5 Å².